The number of pyridine rings is 1. The van der Waals surface area contributed by atoms with Gasteiger partial charge in [0.05, 0.1) is 31.5 Å². The molecule has 0 spiro atoms. The zero-order valence-corrected chi connectivity index (χ0v) is 13.9. The summed E-state index contributed by atoms with van der Waals surface area (Å²) in [5, 5.41) is 0. The molecular formula is C18H21N3O3. The monoisotopic (exact) mass is 327 g/mol. The second kappa shape index (κ2) is 6.88. The number of para-hydroxylation sites is 1. The third-order valence-electron chi connectivity index (χ3n) is 4.02. The Morgan fingerprint density at radius 2 is 2.17 bits per heavy atom. The van der Waals surface area contributed by atoms with Crippen molar-refractivity contribution in [1.82, 2.24) is 9.88 Å². The van der Waals surface area contributed by atoms with E-state index in [9.17, 15) is 4.79 Å². The molecule has 1 saturated heterocycles. The number of anilines is 1. The van der Waals surface area contributed by atoms with E-state index in [-0.39, 0.29) is 12.0 Å². The van der Waals surface area contributed by atoms with Gasteiger partial charge in [-0.1, -0.05) is 12.1 Å². The first kappa shape index (κ1) is 16.3. The molecule has 1 aromatic carbocycles. The zero-order chi connectivity index (χ0) is 17.1. The molecule has 6 nitrogen and oxygen atoms in total. The standard InChI is InChI=1S/C18H21N3O3/c1-12-9-13(19)10-15(20-12)17-11-21(7-8-24-17)18(22)14-5-3-4-6-16(14)23-2/h3-6,9-10,17H,7-8,11H2,1-2H3,(H2,19,20)/t17-/m1/s1. The molecule has 24 heavy (non-hydrogen) atoms. The Morgan fingerprint density at radius 1 is 1.38 bits per heavy atom. The number of hydrogen-bond donors (Lipinski definition) is 1. The van der Waals surface area contributed by atoms with Gasteiger partial charge >= 0.3 is 0 Å². The van der Waals surface area contributed by atoms with Crippen LogP contribution in [0.15, 0.2) is 36.4 Å². The van der Waals surface area contributed by atoms with Crippen molar-refractivity contribution in [2.45, 2.75) is 13.0 Å². The number of ether oxygens (including phenoxy) is 2. The number of rotatable bonds is 3. The molecule has 126 valence electrons. The number of methoxy groups -OCH3 is 1. The van der Waals surface area contributed by atoms with Crippen molar-refractivity contribution in [1.29, 1.82) is 0 Å². The summed E-state index contributed by atoms with van der Waals surface area (Å²) in [4.78, 5) is 19.1. The van der Waals surface area contributed by atoms with Crippen molar-refractivity contribution < 1.29 is 14.3 Å². The quantitative estimate of drug-likeness (QED) is 0.935. The molecule has 3 rings (SSSR count). The van der Waals surface area contributed by atoms with Crippen molar-refractivity contribution in [3.05, 3.63) is 53.3 Å². The summed E-state index contributed by atoms with van der Waals surface area (Å²) >= 11 is 0. The predicted molar refractivity (Wildman–Crippen MR) is 91.0 cm³/mol. The second-order valence-corrected chi connectivity index (χ2v) is 5.78. The van der Waals surface area contributed by atoms with Crippen LogP contribution in [-0.2, 0) is 4.74 Å². The molecule has 2 heterocycles. The highest BCUT2D eigenvalue weighted by Crippen LogP contribution is 2.26. The summed E-state index contributed by atoms with van der Waals surface area (Å²) in [7, 11) is 1.56. The summed E-state index contributed by atoms with van der Waals surface area (Å²) in [6, 6.07) is 10.8. The molecule has 1 aromatic heterocycles. The van der Waals surface area contributed by atoms with Gasteiger partial charge in [-0.15, -0.1) is 0 Å². The van der Waals surface area contributed by atoms with Crippen LogP contribution in [0.1, 0.15) is 27.8 Å². The van der Waals surface area contributed by atoms with Crippen LogP contribution in [0.25, 0.3) is 0 Å². The Balaban J connectivity index is 1.81. The number of nitrogens with zero attached hydrogens (tertiary/aromatic N) is 2. The maximum atomic E-state index is 12.8. The van der Waals surface area contributed by atoms with Crippen LogP contribution in [-0.4, -0.2) is 42.6 Å². The van der Waals surface area contributed by atoms with Gasteiger partial charge in [0.15, 0.2) is 0 Å². The van der Waals surface area contributed by atoms with Gasteiger partial charge in [0.25, 0.3) is 5.91 Å². The van der Waals surface area contributed by atoms with Gasteiger partial charge in [-0.2, -0.15) is 0 Å². The van der Waals surface area contributed by atoms with Crippen LogP contribution in [0.2, 0.25) is 0 Å². The Labute approximate surface area is 141 Å². The van der Waals surface area contributed by atoms with Gasteiger partial charge in [0.1, 0.15) is 11.9 Å². The van der Waals surface area contributed by atoms with E-state index in [2.05, 4.69) is 4.98 Å². The number of carbonyl (C=O) groups excluding carboxylic acids is 1. The molecule has 6 heteroatoms. The van der Waals surface area contributed by atoms with E-state index in [1.807, 2.05) is 25.1 Å². The minimum absolute atomic E-state index is 0.0682. The van der Waals surface area contributed by atoms with Gasteiger partial charge < -0.3 is 20.1 Å². The molecule has 1 atom stereocenters. The molecule has 1 aliphatic rings. The zero-order valence-electron chi connectivity index (χ0n) is 13.9. The van der Waals surface area contributed by atoms with Crippen molar-refractivity contribution in [2.24, 2.45) is 0 Å². The highest BCUT2D eigenvalue weighted by Gasteiger charge is 2.28. The van der Waals surface area contributed by atoms with Crippen LogP contribution in [0.4, 0.5) is 5.69 Å². The molecular weight excluding hydrogens is 306 g/mol. The highest BCUT2D eigenvalue weighted by atomic mass is 16.5. The van der Waals surface area contributed by atoms with E-state index in [4.69, 9.17) is 15.2 Å². The molecule has 2 N–H and O–H groups in total. The molecule has 0 saturated carbocycles. The fourth-order valence-corrected chi connectivity index (χ4v) is 2.89. The topological polar surface area (TPSA) is 77.7 Å². The largest absolute Gasteiger partial charge is 0.496 e. The molecule has 1 amide bonds. The molecule has 1 fully saturated rings. The summed E-state index contributed by atoms with van der Waals surface area (Å²) in [6.07, 6.45) is -0.278. The Bertz CT molecular complexity index is 728. The minimum atomic E-state index is -0.278. The molecule has 2 aromatic rings. The van der Waals surface area contributed by atoms with Crippen LogP contribution >= 0.6 is 0 Å². The number of nitrogen functional groups attached to an aromatic ring is 1. The van der Waals surface area contributed by atoms with E-state index in [0.29, 0.717) is 36.7 Å². The number of aromatic nitrogens is 1. The Hall–Kier alpha value is -2.60. The van der Waals surface area contributed by atoms with Crippen LogP contribution in [0.3, 0.4) is 0 Å². The number of amides is 1. The highest BCUT2D eigenvalue weighted by molar-refractivity contribution is 5.97. The number of carbonyl (C=O) groups is 1. The summed E-state index contributed by atoms with van der Waals surface area (Å²) in [6.45, 7) is 3.32. The third-order valence-corrected chi connectivity index (χ3v) is 4.02. The SMILES string of the molecule is COc1ccccc1C(=O)N1CCO[C@@H](c2cc(N)cc(C)n2)C1. The van der Waals surface area contributed by atoms with Gasteiger partial charge in [-0.25, -0.2) is 0 Å². The maximum Gasteiger partial charge on any atom is 0.257 e. The number of hydrogen-bond acceptors (Lipinski definition) is 5. The third kappa shape index (κ3) is 3.33. The smallest absolute Gasteiger partial charge is 0.257 e. The van der Waals surface area contributed by atoms with Gasteiger partial charge in [-0.3, -0.25) is 9.78 Å². The molecule has 1 aliphatic heterocycles. The normalized spacial score (nSPS) is 17.6. The van der Waals surface area contributed by atoms with Crippen molar-refractivity contribution >= 4 is 11.6 Å². The average Bonchev–Trinajstić information content (AvgIpc) is 2.60. The average molecular weight is 327 g/mol. The van der Waals surface area contributed by atoms with Gasteiger partial charge in [0.2, 0.25) is 0 Å². The van der Waals surface area contributed by atoms with E-state index in [1.165, 1.54) is 0 Å². The predicted octanol–water partition coefficient (Wildman–Crippen LogP) is 2.19. The fraction of sp³-hybridized carbons (Fsp3) is 0.333. The first-order chi connectivity index (χ1) is 11.6. The lowest BCUT2D eigenvalue weighted by atomic mass is 10.1. The number of morpholine rings is 1. The van der Waals surface area contributed by atoms with Crippen molar-refractivity contribution in [3.63, 3.8) is 0 Å². The number of benzene rings is 1. The fourth-order valence-electron chi connectivity index (χ4n) is 2.89. The molecule has 0 radical (unpaired) electrons. The van der Waals surface area contributed by atoms with Gasteiger partial charge in [0, 0.05) is 17.9 Å². The first-order valence-electron chi connectivity index (χ1n) is 7.86. The van der Waals surface area contributed by atoms with E-state index in [0.717, 1.165) is 11.4 Å². The van der Waals surface area contributed by atoms with Crippen molar-refractivity contribution in [2.75, 3.05) is 32.5 Å². The lowest BCUT2D eigenvalue weighted by Gasteiger charge is -2.33. The van der Waals surface area contributed by atoms with E-state index in [1.54, 1.807) is 30.2 Å². The lowest BCUT2D eigenvalue weighted by Crippen LogP contribution is -2.42. The molecule has 0 unspecified atom stereocenters. The Kier molecular flexibility index (Phi) is 4.66. The van der Waals surface area contributed by atoms with Gasteiger partial charge in [-0.05, 0) is 31.2 Å². The van der Waals surface area contributed by atoms with E-state index >= 15 is 0 Å². The second-order valence-electron chi connectivity index (χ2n) is 5.78. The maximum absolute atomic E-state index is 12.8. The molecule has 0 aliphatic carbocycles. The summed E-state index contributed by atoms with van der Waals surface area (Å²) < 4.78 is 11.1. The van der Waals surface area contributed by atoms with Crippen LogP contribution in [0, 0.1) is 6.92 Å². The van der Waals surface area contributed by atoms with Crippen LogP contribution in [0.5, 0.6) is 5.75 Å². The minimum Gasteiger partial charge on any atom is -0.496 e. The first-order valence-corrected chi connectivity index (χ1v) is 7.86. The van der Waals surface area contributed by atoms with Crippen LogP contribution < -0.4 is 10.5 Å². The Morgan fingerprint density at radius 3 is 2.92 bits per heavy atom. The number of aryl methyl sites for hydroxylation is 1. The van der Waals surface area contributed by atoms with Crippen molar-refractivity contribution in [3.8, 4) is 5.75 Å². The lowest BCUT2D eigenvalue weighted by molar-refractivity contribution is -0.0248. The summed E-state index contributed by atoms with van der Waals surface area (Å²) in [5.74, 6) is 0.504. The van der Waals surface area contributed by atoms with E-state index < -0.39 is 0 Å². The summed E-state index contributed by atoms with van der Waals surface area (Å²) in [5.41, 5.74) is 8.69. The number of nitrogens with two attached hydrogens (primary N) is 1. The molecule has 0 bridgehead atoms.